The summed E-state index contributed by atoms with van der Waals surface area (Å²) >= 11 is 6.37. The molecule has 0 bridgehead atoms. The molecule has 1 aliphatic heterocycles. The van der Waals surface area contributed by atoms with Crippen molar-refractivity contribution in [3.8, 4) is 5.75 Å². The zero-order valence-corrected chi connectivity index (χ0v) is 15.9. The van der Waals surface area contributed by atoms with E-state index in [1.165, 1.54) is 0 Å². The molecule has 2 aromatic carbocycles. The predicted molar refractivity (Wildman–Crippen MR) is 105 cm³/mol. The second-order valence-electron chi connectivity index (χ2n) is 6.66. The molecular formula is C21H24ClNO4. The van der Waals surface area contributed by atoms with E-state index in [4.69, 9.17) is 26.5 Å². The van der Waals surface area contributed by atoms with Crippen LogP contribution >= 0.6 is 11.6 Å². The lowest BCUT2D eigenvalue weighted by atomic mass is 9.92. The SMILES string of the molecule is CCOc1ccc(Cc2cc(C3OC(C=N)CC(O)C3O)ccc2Cl)cc1. The lowest BCUT2D eigenvalue weighted by Gasteiger charge is -2.36. The van der Waals surface area contributed by atoms with E-state index in [1.54, 1.807) is 12.1 Å². The van der Waals surface area contributed by atoms with E-state index in [0.29, 0.717) is 18.1 Å². The Bertz CT molecular complexity index is 780. The minimum atomic E-state index is -1.04. The second kappa shape index (κ2) is 8.85. The summed E-state index contributed by atoms with van der Waals surface area (Å²) < 4.78 is 11.2. The summed E-state index contributed by atoms with van der Waals surface area (Å²) in [5, 5.41) is 28.4. The van der Waals surface area contributed by atoms with Gasteiger partial charge in [-0.15, -0.1) is 0 Å². The lowest BCUT2D eigenvalue weighted by Crippen LogP contribution is -2.43. The predicted octanol–water partition coefficient (Wildman–Crippen LogP) is 3.53. The summed E-state index contributed by atoms with van der Waals surface area (Å²) in [6.45, 7) is 2.57. The van der Waals surface area contributed by atoms with E-state index >= 15 is 0 Å². The summed E-state index contributed by atoms with van der Waals surface area (Å²) in [5.74, 6) is 0.825. The highest BCUT2D eigenvalue weighted by atomic mass is 35.5. The Morgan fingerprint density at radius 1 is 1.22 bits per heavy atom. The second-order valence-corrected chi connectivity index (χ2v) is 7.07. The van der Waals surface area contributed by atoms with Gasteiger partial charge in [-0.1, -0.05) is 35.9 Å². The van der Waals surface area contributed by atoms with Crippen LogP contribution in [0.3, 0.4) is 0 Å². The first-order valence-corrected chi connectivity index (χ1v) is 9.42. The van der Waals surface area contributed by atoms with Crippen molar-refractivity contribution in [2.24, 2.45) is 0 Å². The third-order valence-corrected chi connectivity index (χ3v) is 5.08. The van der Waals surface area contributed by atoms with Gasteiger partial charge >= 0.3 is 0 Å². The number of benzene rings is 2. The fraction of sp³-hybridized carbons (Fsp3) is 0.381. The minimum absolute atomic E-state index is 0.216. The quantitative estimate of drug-likeness (QED) is 0.660. The van der Waals surface area contributed by atoms with Gasteiger partial charge in [0.1, 0.15) is 18.0 Å². The summed E-state index contributed by atoms with van der Waals surface area (Å²) in [4.78, 5) is 0. The smallest absolute Gasteiger partial charge is 0.119 e. The summed E-state index contributed by atoms with van der Waals surface area (Å²) in [6.07, 6.45) is -1.19. The molecule has 0 aromatic heterocycles. The molecule has 2 aromatic rings. The Balaban J connectivity index is 1.82. The van der Waals surface area contributed by atoms with Gasteiger partial charge in [0.2, 0.25) is 0 Å². The first kappa shape index (κ1) is 19.8. The number of hydrogen-bond donors (Lipinski definition) is 3. The van der Waals surface area contributed by atoms with Gasteiger partial charge in [-0.2, -0.15) is 0 Å². The minimum Gasteiger partial charge on any atom is -0.494 e. The number of aliphatic hydroxyl groups excluding tert-OH is 2. The Hall–Kier alpha value is -1.92. The van der Waals surface area contributed by atoms with Crippen molar-refractivity contribution in [3.05, 3.63) is 64.2 Å². The van der Waals surface area contributed by atoms with Gasteiger partial charge in [0.15, 0.2) is 0 Å². The summed E-state index contributed by atoms with van der Waals surface area (Å²) in [5.41, 5.74) is 2.72. The fourth-order valence-corrected chi connectivity index (χ4v) is 3.47. The van der Waals surface area contributed by atoms with E-state index in [9.17, 15) is 10.2 Å². The molecule has 0 radical (unpaired) electrons. The number of halogens is 1. The highest BCUT2D eigenvalue weighted by molar-refractivity contribution is 6.31. The maximum atomic E-state index is 10.3. The van der Waals surface area contributed by atoms with Crippen LogP contribution in [0, 0.1) is 5.41 Å². The largest absolute Gasteiger partial charge is 0.494 e. The van der Waals surface area contributed by atoms with Crippen molar-refractivity contribution in [2.75, 3.05) is 6.61 Å². The molecule has 4 unspecified atom stereocenters. The van der Waals surface area contributed by atoms with Crippen LogP contribution in [0.4, 0.5) is 0 Å². The molecule has 144 valence electrons. The Morgan fingerprint density at radius 3 is 2.63 bits per heavy atom. The highest BCUT2D eigenvalue weighted by Gasteiger charge is 2.37. The Kier molecular flexibility index (Phi) is 6.50. The van der Waals surface area contributed by atoms with Gasteiger partial charge < -0.3 is 25.1 Å². The molecule has 0 aliphatic carbocycles. The van der Waals surface area contributed by atoms with Gasteiger partial charge in [0.05, 0.1) is 18.8 Å². The maximum Gasteiger partial charge on any atom is 0.119 e. The molecule has 27 heavy (non-hydrogen) atoms. The van der Waals surface area contributed by atoms with Crippen LogP contribution in [0.2, 0.25) is 5.02 Å². The third kappa shape index (κ3) is 4.68. The normalized spacial score (nSPS) is 25.2. The van der Waals surface area contributed by atoms with Crippen molar-refractivity contribution in [3.63, 3.8) is 0 Å². The third-order valence-electron chi connectivity index (χ3n) is 4.71. The van der Waals surface area contributed by atoms with E-state index in [2.05, 4.69) is 0 Å². The van der Waals surface area contributed by atoms with Crippen LogP contribution in [0.5, 0.6) is 5.75 Å². The van der Waals surface area contributed by atoms with Crippen LogP contribution < -0.4 is 4.74 Å². The zero-order chi connectivity index (χ0) is 19.4. The fourth-order valence-electron chi connectivity index (χ4n) is 3.28. The number of aliphatic hydroxyl groups is 2. The molecule has 1 fully saturated rings. The number of hydrogen-bond acceptors (Lipinski definition) is 5. The number of ether oxygens (including phenoxy) is 2. The van der Waals surface area contributed by atoms with Gasteiger partial charge in [-0.05, 0) is 48.2 Å². The first-order chi connectivity index (χ1) is 13.0. The van der Waals surface area contributed by atoms with Crippen LogP contribution in [0.1, 0.15) is 36.1 Å². The van der Waals surface area contributed by atoms with Crippen molar-refractivity contribution in [1.82, 2.24) is 0 Å². The average Bonchev–Trinajstić information content (AvgIpc) is 2.67. The van der Waals surface area contributed by atoms with Gasteiger partial charge in [-0.3, -0.25) is 0 Å². The van der Waals surface area contributed by atoms with Crippen molar-refractivity contribution < 1.29 is 19.7 Å². The molecule has 4 atom stereocenters. The van der Waals surface area contributed by atoms with Crippen LogP contribution in [-0.2, 0) is 11.2 Å². The molecule has 6 heteroatoms. The molecule has 0 amide bonds. The van der Waals surface area contributed by atoms with Crippen molar-refractivity contribution in [2.45, 2.75) is 44.2 Å². The average molecular weight is 390 g/mol. The van der Waals surface area contributed by atoms with Gasteiger partial charge in [-0.25, -0.2) is 0 Å². The van der Waals surface area contributed by atoms with E-state index in [1.807, 2.05) is 37.3 Å². The van der Waals surface area contributed by atoms with Crippen LogP contribution in [-0.4, -0.2) is 41.3 Å². The molecule has 3 rings (SSSR count). The Morgan fingerprint density at radius 2 is 1.96 bits per heavy atom. The molecule has 1 heterocycles. The topological polar surface area (TPSA) is 82.8 Å². The zero-order valence-electron chi connectivity index (χ0n) is 15.1. The molecular weight excluding hydrogens is 366 g/mol. The highest BCUT2D eigenvalue weighted by Crippen LogP contribution is 2.34. The Labute approximate surface area is 164 Å². The molecule has 1 aliphatic rings. The van der Waals surface area contributed by atoms with Crippen molar-refractivity contribution >= 4 is 17.8 Å². The van der Waals surface area contributed by atoms with Crippen LogP contribution in [0.15, 0.2) is 42.5 Å². The van der Waals surface area contributed by atoms with E-state index in [-0.39, 0.29) is 6.42 Å². The number of rotatable bonds is 6. The molecule has 3 N–H and O–H groups in total. The molecule has 0 spiro atoms. The van der Waals surface area contributed by atoms with E-state index in [0.717, 1.165) is 28.7 Å². The van der Waals surface area contributed by atoms with Gasteiger partial charge in [0.25, 0.3) is 0 Å². The molecule has 1 saturated heterocycles. The van der Waals surface area contributed by atoms with Crippen LogP contribution in [0.25, 0.3) is 0 Å². The summed E-state index contributed by atoms with van der Waals surface area (Å²) in [6, 6.07) is 13.3. The first-order valence-electron chi connectivity index (χ1n) is 9.04. The summed E-state index contributed by atoms with van der Waals surface area (Å²) in [7, 11) is 0. The number of nitrogens with one attached hydrogen (secondary N) is 1. The monoisotopic (exact) mass is 389 g/mol. The standard InChI is InChI=1S/C21H24ClNO4/c1-2-26-16-6-3-13(4-7-16)9-15-10-14(5-8-18(15)22)21-20(25)19(24)11-17(12-23)27-21/h3-8,10,12,17,19-21,23-25H,2,9,11H2,1H3. The lowest BCUT2D eigenvalue weighted by molar-refractivity contribution is -0.152. The van der Waals surface area contributed by atoms with Crippen molar-refractivity contribution in [1.29, 1.82) is 5.41 Å². The molecule has 5 nitrogen and oxygen atoms in total. The van der Waals surface area contributed by atoms with Gasteiger partial charge in [0, 0.05) is 17.7 Å². The van der Waals surface area contributed by atoms with E-state index < -0.39 is 24.4 Å². The maximum absolute atomic E-state index is 10.3. The molecule has 0 saturated carbocycles.